The van der Waals surface area contributed by atoms with Crippen molar-refractivity contribution in [3.8, 4) is 28.4 Å². The highest BCUT2D eigenvalue weighted by molar-refractivity contribution is 5.83. The fraction of sp³-hybridized carbons (Fsp3) is 0.429. The molecule has 0 aromatic heterocycles. The van der Waals surface area contributed by atoms with Crippen molar-refractivity contribution < 1.29 is 14.2 Å². The first kappa shape index (κ1) is 17.5. The normalized spacial score (nSPS) is 12.6. The summed E-state index contributed by atoms with van der Waals surface area (Å²) in [6.07, 6.45) is 4.28. The van der Waals surface area contributed by atoms with Crippen LogP contribution in [0, 0.1) is 0 Å². The van der Waals surface area contributed by atoms with E-state index in [9.17, 15) is 0 Å². The molecule has 0 radical (unpaired) electrons. The van der Waals surface area contributed by atoms with E-state index >= 15 is 0 Å². The molecule has 4 heteroatoms. The van der Waals surface area contributed by atoms with Crippen LogP contribution in [0.15, 0.2) is 24.3 Å². The summed E-state index contributed by atoms with van der Waals surface area (Å²) in [5.41, 5.74) is 6.15. The number of aryl methyl sites for hydroxylation is 2. The van der Waals surface area contributed by atoms with Crippen molar-refractivity contribution in [2.24, 2.45) is 0 Å². The highest BCUT2D eigenvalue weighted by atomic mass is 16.5. The van der Waals surface area contributed by atoms with E-state index in [1.807, 2.05) is 0 Å². The van der Waals surface area contributed by atoms with Crippen LogP contribution in [0.1, 0.15) is 30.9 Å². The van der Waals surface area contributed by atoms with Crippen molar-refractivity contribution in [2.75, 3.05) is 33.2 Å². The van der Waals surface area contributed by atoms with Crippen LogP contribution in [-0.2, 0) is 12.8 Å². The van der Waals surface area contributed by atoms with E-state index in [-0.39, 0.29) is 0 Å². The highest BCUT2D eigenvalue weighted by Crippen LogP contribution is 2.49. The van der Waals surface area contributed by atoms with Crippen molar-refractivity contribution in [1.82, 2.24) is 0 Å². The number of hydrogen-bond donors (Lipinski definition) is 1. The zero-order valence-electron chi connectivity index (χ0n) is 15.6. The van der Waals surface area contributed by atoms with Crippen LogP contribution in [0.25, 0.3) is 11.1 Å². The molecule has 0 unspecified atom stereocenters. The van der Waals surface area contributed by atoms with E-state index < -0.39 is 0 Å². The lowest BCUT2D eigenvalue weighted by Crippen LogP contribution is -2.02. The van der Waals surface area contributed by atoms with Gasteiger partial charge in [0.1, 0.15) is 0 Å². The van der Waals surface area contributed by atoms with Crippen LogP contribution in [0.5, 0.6) is 17.2 Å². The van der Waals surface area contributed by atoms with Gasteiger partial charge in [-0.05, 0) is 60.6 Å². The maximum absolute atomic E-state index is 5.76. The minimum Gasteiger partial charge on any atom is -0.493 e. The van der Waals surface area contributed by atoms with E-state index in [0.29, 0.717) is 5.75 Å². The van der Waals surface area contributed by atoms with Crippen LogP contribution in [0.4, 0.5) is 5.69 Å². The lowest BCUT2D eigenvalue weighted by atomic mass is 9.94. The Morgan fingerprint density at radius 3 is 2.36 bits per heavy atom. The van der Waals surface area contributed by atoms with Gasteiger partial charge in [-0.15, -0.1) is 0 Å². The summed E-state index contributed by atoms with van der Waals surface area (Å²) < 4.78 is 16.9. The van der Waals surface area contributed by atoms with E-state index in [1.165, 1.54) is 22.4 Å². The standard InChI is InChI=1S/C21H27NO3/c1-5-11-22-16-9-10-17-14(12-16)7-6-8-15-13-18(23-2)20(24-3)21(25-4)19(15)17/h9-10,12-13,22H,5-8,11H2,1-4H3. The molecule has 0 atom stereocenters. The molecule has 0 spiro atoms. The molecule has 2 aromatic carbocycles. The minimum absolute atomic E-state index is 0.657. The molecule has 25 heavy (non-hydrogen) atoms. The maximum atomic E-state index is 5.76. The molecule has 0 heterocycles. The molecule has 0 fully saturated rings. The zero-order valence-corrected chi connectivity index (χ0v) is 15.6. The maximum Gasteiger partial charge on any atom is 0.203 e. The lowest BCUT2D eigenvalue weighted by Gasteiger charge is -2.20. The van der Waals surface area contributed by atoms with E-state index in [1.54, 1.807) is 21.3 Å². The first-order chi connectivity index (χ1) is 12.2. The summed E-state index contributed by atoms with van der Waals surface area (Å²) in [5.74, 6) is 2.14. The van der Waals surface area contributed by atoms with Crippen LogP contribution < -0.4 is 19.5 Å². The van der Waals surface area contributed by atoms with Crippen molar-refractivity contribution in [2.45, 2.75) is 32.6 Å². The van der Waals surface area contributed by atoms with Crippen molar-refractivity contribution in [3.63, 3.8) is 0 Å². The third-order valence-electron chi connectivity index (χ3n) is 4.76. The van der Waals surface area contributed by atoms with Crippen LogP contribution in [0.3, 0.4) is 0 Å². The molecule has 134 valence electrons. The molecule has 0 amide bonds. The fourth-order valence-corrected chi connectivity index (χ4v) is 3.59. The molecule has 0 saturated carbocycles. The first-order valence-corrected chi connectivity index (χ1v) is 8.92. The monoisotopic (exact) mass is 341 g/mol. The number of anilines is 1. The molecule has 3 rings (SSSR count). The average molecular weight is 341 g/mol. The predicted molar refractivity (Wildman–Crippen MR) is 102 cm³/mol. The summed E-state index contributed by atoms with van der Waals surface area (Å²) in [6.45, 7) is 3.17. The highest BCUT2D eigenvalue weighted by Gasteiger charge is 2.25. The molecular weight excluding hydrogens is 314 g/mol. The number of methoxy groups -OCH3 is 3. The molecule has 1 N–H and O–H groups in total. The number of ether oxygens (including phenoxy) is 3. The molecule has 2 aromatic rings. The summed E-state index contributed by atoms with van der Waals surface area (Å²) in [5, 5.41) is 3.48. The second kappa shape index (κ2) is 7.68. The Morgan fingerprint density at radius 2 is 1.68 bits per heavy atom. The smallest absolute Gasteiger partial charge is 0.203 e. The lowest BCUT2D eigenvalue weighted by molar-refractivity contribution is 0.324. The molecule has 0 aliphatic heterocycles. The number of benzene rings is 2. The Kier molecular flexibility index (Phi) is 5.37. The number of rotatable bonds is 6. The van der Waals surface area contributed by atoms with E-state index in [0.717, 1.165) is 49.3 Å². The van der Waals surface area contributed by atoms with E-state index in [4.69, 9.17) is 14.2 Å². The van der Waals surface area contributed by atoms with Gasteiger partial charge >= 0.3 is 0 Å². The zero-order chi connectivity index (χ0) is 17.8. The summed E-state index contributed by atoms with van der Waals surface area (Å²) >= 11 is 0. The first-order valence-electron chi connectivity index (χ1n) is 8.92. The largest absolute Gasteiger partial charge is 0.493 e. The van der Waals surface area contributed by atoms with Gasteiger partial charge in [-0.2, -0.15) is 0 Å². The van der Waals surface area contributed by atoms with Gasteiger partial charge in [-0.3, -0.25) is 0 Å². The Hall–Kier alpha value is -2.36. The third-order valence-corrected chi connectivity index (χ3v) is 4.76. The summed E-state index contributed by atoms with van der Waals surface area (Å²) in [7, 11) is 5.02. The summed E-state index contributed by atoms with van der Waals surface area (Å²) in [6, 6.07) is 8.72. The van der Waals surface area contributed by atoms with Gasteiger partial charge in [0.05, 0.1) is 21.3 Å². The Labute approximate surface area is 150 Å². The van der Waals surface area contributed by atoms with Gasteiger partial charge in [0.2, 0.25) is 5.75 Å². The molecule has 0 bridgehead atoms. The topological polar surface area (TPSA) is 39.7 Å². The second-order valence-corrected chi connectivity index (χ2v) is 6.33. The number of hydrogen-bond acceptors (Lipinski definition) is 4. The Balaban J connectivity index is 2.17. The number of fused-ring (bicyclic) bond motifs is 3. The fourth-order valence-electron chi connectivity index (χ4n) is 3.59. The average Bonchev–Trinajstić information content (AvgIpc) is 2.83. The van der Waals surface area contributed by atoms with Gasteiger partial charge in [-0.1, -0.05) is 13.0 Å². The SMILES string of the molecule is CCCNc1ccc2c(c1)CCCc1cc(OC)c(OC)c(OC)c1-2. The predicted octanol–water partition coefficient (Wildman–Crippen LogP) is 4.69. The minimum atomic E-state index is 0.657. The molecular formula is C21H27NO3. The van der Waals surface area contributed by atoms with Crippen LogP contribution in [-0.4, -0.2) is 27.9 Å². The van der Waals surface area contributed by atoms with Gasteiger partial charge in [0, 0.05) is 17.8 Å². The van der Waals surface area contributed by atoms with Crippen molar-refractivity contribution in [3.05, 3.63) is 35.4 Å². The van der Waals surface area contributed by atoms with Crippen molar-refractivity contribution in [1.29, 1.82) is 0 Å². The second-order valence-electron chi connectivity index (χ2n) is 6.33. The Bertz CT molecular complexity index is 755. The van der Waals surface area contributed by atoms with Gasteiger partial charge in [0.25, 0.3) is 0 Å². The molecule has 1 aliphatic carbocycles. The van der Waals surface area contributed by atoms with Crippen LogP contribution >= 0.6 is 0 Å². The number of nitrogens with one attached hydrogen (secondary N) is 1. The quantitative estimate of drug-likeness (QED) is 0.827. The summed E-state index contributed by atoms with van der Waals surface area (Å²) in [4.78, 5) is 0. The molecule has 1 aliphatic rings. The Morgan fingerprint density at radius 1 is 0.920 bits per heavy atom. The van der Waals surface area contributed by atoms with Gasteiger partial charge in [0.15, 0.2) is 11.5 Å². The van der Waals surface area contributed by atoms with Gasteiger partial charge < -0.3 is 19.5 Å². The van der Waals surface area contributed by atoms with Crippen molar-refractivity contribution >= 4 is 5.69 Å². The van der Waals surface area contributed by atoms with Crippen LogP contribution in [0.2, 0.25) is 0 Å². The third kappa shape index (κ3) is 3.26. The molecule has 4 nitrogen and oxygen atoms in total. The van der Waals surface area contributed by atoms with Gasteiger partial charge in [-0.25, -0.2) is 0 Å². The molecule has 0 saturated heterocycles. The van der Waals surface area contributed by atoms with E-state index in [2.05, 4.69) is 36.5 Å².